The molecule has 3 aromatic rings. The zero-order chi connectivity index (χ0) is 21.8. The molecule has 2 amide bonds. The van der Waals surface area contributed by atoms with Gasteiger partial charge in [-0.15, -0.1) is 0 Å². The molecule has 0 bridgehead atoms. The first kappa shape index (κ1) is 20.3. The van der Waals surface area contributed by atoms with Gasteiger partial charge in [-0.25, -0.2) is 4.79 Å². The van der Waals surface area contributed by atoms with Crippen molar-refractivity contribution >= 4 is 11.7 Å². The second-order valence-corrected chi connectivity index (χ2v) is 7.73. The van der Waals surface area contributed by atoms with Crippen molar-refractivity contribution in [3.63, 3.8) is 0 Å². The van der Waals surface area contributed by atoms with E-state index in [1.54, 1.807) is 23.1 Å². The number of ether oxygens (including phenoxy) is 3. The predicted octanol–water partition coefficient (Wildman–Crippen LogP) is 3.23. The van der Waals surface area contributed by atoms with E-state index in [9.17, 15) is 4.79 Å². The summed E-state index contributed by atoms with van der Waals surface area (Å²) in [6.07, 6.45) is 0.581. The molecule has 2 aliphatic rings. The summed E-state index contributed by atoms with van der Waals surface area (Å²) in [7, 11) is 0. The van der Waals surface area contributed by atoms with E-state index < -0.39 is 0 Å². The number of amides is 2. The number of fused-ring (bicyclic) bond motifs is 1. The molecule has 3 heterocycles. The van der Waals surface area contributed by atoms with Crippen LogP contribution in [0.5, 0.6) is 11.5 Å². The first-order valence-electron chi connectivity index (χ1n) is 10.6. The molecule has 1 fully saturated rings. The molecule has 166 valence electrons. The van der Waals surface area contributed by atoms with E-state index in [0.717, 1.165) is 5.56 Å². The van der Waals surface area contributed by atoms with Crippen molar-refractivity contribution in [2.24, 2.45) is 0 Å². The third kappa shape index (κ3) is 4.67. The van der Waals surface area contributed by atoms with Gasteiger partial charge in [0.05, 0.1) is 19.1 Å². The monoisotopic (exact) mass is 436 g/mol. The topological polar surface area (TPSA) is 99.0 Å². The number of hydrogen-bond acceptors (Lipinski definition) is 7. The summed E-state index contributed by atoms with van der Waals surface area (Å²) < 4.78 is 22.1. The summed E-state index contributed by atoms with van der Waals surface area (Å²) >= 11 is 0. The minimum absolute atomic E-state index is 0.0486. The lowest BCUT2D eigenvalue weighted by molar-refractivity contribution is 0.122. The maximum atomic E-state index is 12.5. The molecule has 2 aromatic carbocycles. The van der Waals surface area contributed by atoms with E-state index in [1.807, 2.05) is 30.3 Å². The van der Waals surface area contributed by atoms with Crippen LogP contribution >= 0.6 is 0 Å². The maximum Gasteiger partial charge on any atom is 0.321 e. The van der Waals surface area contributed by atoms with Crippen LogP contribution in [0.1, 0.15) is 23.2 Å². The molecular weight excluding hydrogens is 412 g/mol. The van der Waals surface area contributed by atoms with Gasteiger partial charge in [0.2, 0.25) is 5.89 Å². The highest BCUT2D eigenvalue weighted by Crippen LogP contribution is 2.33. The van der Waals surface area contributed by atoms with Crippen LogP contribution in [-0.2, 0) is 17.8 Å². The van der Waals surface area contributed by atoms with Gasteiger partial charge in [-0.3, -0.25) is 0 Å². The van der Waals surface area contributed by atoms with E-state index in [1.165, 1.54) is 0 Å². The molecule has 9 nitrogen and oxygen atoms in total. The average molecular weight is 436 g/mol. The van der Waals surface area contributed by atoms with Crippen LogP contribution in [-0.4, -0.2) is 54.0 Å². The Hall–Kier alpha value is -3.59. The highest BCUT2D eigenvalue weighted by Gasteiger charge is 2.35. The molecule has 2 aliphatic heterocycles. The van der Waals surface area contributed by atoms with Crippen molar-refractivity contribution in [3.05, 3.63) is 65.8 Å². The summed E-state index contributed by atoms with van der Waals surface area (Å²) in [4.78, 5) is 18.7. The average Bonchev–Trinajstić information content (AvgIpc) is 3.25. The number of urea groups is 1. The van der Waals surface area contributed by atoms with Crippen molar-refractivity contribution in [2.75, 3.05) is 38.2 Å². The first-order valence-corrected chi connectivity index (χ1v) is 10.6. The van der Waals surface area contributed by atoms with E-state index in [2.05, 4.69) is 15.5 Å². The normalized spacial score (nSPS) is 15.3. The molecule has 0 radical (unpaired) electrons. The Bertz CT molecular complexity index is 1070. The van der Waals surface area contributed by atoms with Gasteiger partial charge in [-0.1, -0.05) is 35.5 Å². The number of benzene rings is 2. The van der Waals surface area contributed by atoms with Crippen LogP contribution in [0, 0.1) is 0 Å². The zero-order valence-corrected chi connectivity index (χ0v) is 17.5. The number of carbonyl (C=O) groups is 1. The lowest BCUT2D eigenvalue weighted by Gasteiger charge is -2.36. The van der Waals surface area contributed by atoms with E-state index in [-0.39, 0.29) is 11.9 Å². The van der Waals surface area contributed by atoms with Crippen LogP contribution in [0.15, 0.2) is 53.1 Å². The minimum atomic E-state index is -0.174. The Labute approximate surface area is 185 Å². The number of anilines is 1. The Morgan fingerprint density at radius 1 is 1.09 bits per heavy atom. The fourth-order valence-corrected chi connectivity index (χ4v) is 3.59. The van der Waals surface area contributed by atoms with Crippen LogP contribution in [0.2, 0.25) is 0 Å². The third-order valence-electron chi connectivity index (χ3n) is 5.38. The smallest absolute Gasteiger partial charge is 0.321 e. The van der Waals surface area contributed by atoms with E-state index in [4.69, 9.17) is 18.7 Å². The Morgan fingerprint density at radius 3 is 2.75 bits per heavy atom. The molecular formula is C23H24N4O5. The van der Waals surface area contributed by atoms with Gasteiger partial charge in [0.25, 0.3) is 0 Å². The summed E-state index contributed by atoms with van der Waals surface area (Å²) in [5, 5.41) is 6.92. The van der Waals surface area contributed by atoms with Crippen LogP contribution in [0.4, 0.5) is 10.5 Å². The molecule has 0 atom stereocenters. The zero-order valence-electron chi connectivity index (χ0n) is 17.5. The Balaban J connectivity index is 1.06. The van der Waals surface area contributed by atoms with Crippen molar-refractivity contribution in [1.82, 2.24) is 15.0 Å². The number of carbonyl (C=O) groups excluding carboxylic acids is 1. The minimum Gasteiger partial charge on any atom is -0.486 e. The molecule has 1 N–H and O–H groups in total. The van der Waals surface area contributed by atoms with Crippen molar-refractivity contribution in [1.29, 1.82) is 0 Å². The summed E-state index contributed by atoms with van der Waals surface area (Å²) in [5.41, 5.74) is 1.80. The van der Waals surface area contributed by atoms with Crippen molar-refractivity contribution in [2.45, 2.75) is 18.9 Å². The standard InChI is InChI=1S/C23H24N4O5/c28-23(24-18-6-7-19-20(12-18)31-11-10-30-19)27-13-17(14-27)22-25-21(26-32-22)8-9-29-15-16-4-2-1-3-5-16/h1-7,12,17H,8-11,13-15H2,(H,24,28). The van der Waals surface area contributed by atoms with Gasteiger partial charge >= 0.3 is 6.03 Å². The van der Waals surface area contributed by atoms with Gasteiger partial charge < -0.3 is 29.0 Å². The van der Waals surface area contributed by atoms with Crippen molar-refractivity contribution < 1.29 is 23.5 Å². The van der Waals surface area contributed by atoms with Gasteiger partial charge in [-0.2, -0.15) is 4.98 Å². The summed E-state index contributed by atoms with van der Waals surface area (Å²) in [5.74, 6) is 2.56. The molecule has 1 aromatic heterocycles. The molecule has 5 rings (SSSR count). The van der Waals surface area contributed by atoms with Gasteiger partial charge in [-0.05, 0) is 17.7 Å². The summed E-state index contributed by atoms with van der Waals surface area (Å²) in [6.45, 7) is 3.17. The van der Waals surface area contributed by atoms with Gasteiger partial charge in [0.1, 0.15) is 13.2 Å². The number of likely N-dealkylation sites (tertiary alicyclic amines) is 1. The number of hydrogen-bond donors (Lipinski definition) is 1. The molecule has 1 saturated heterocycles. The number of nitrogens with one attached hydrogen (secondary N) is 1. The lowest BCUT2D eigenvalue weighted by atomic mass is 10.0. The van der Waals surface area contributed by atoms with Crippen LogP contribution < -0.4 is 14.8 Å². The van der Waals surface area contributed by atoms with Crippen molar-refractivity contribution in [3.8, 4) is 11.5 Å². The highest BCUT2D eigenvalue weighted by atomic mass is 16.6. The van der Waals surface area contributed by atoms with Crippen LogP contribution in [0.25, 0.3) is 0 Å². The maximum absolute atomic E-state index is 12.5. The fraction of sp³-hybridized carbons (Fsp3) is 0.348. The van der Waals surface area contributed by atoms with Gasteiger partial charge in [0.15, 0.2) is 17.3 Å². The molecule has 32 heavy (non-hydrogen) atoms. The van der Waals surface area contributed by atoms with E-state index in [0.29, 0.717) is 74.8 Å². The molecule has 0 saturated carbocycles. The second kappa shape index (κ2) is 9.27. The molecule has 0 aliphatic carbocycles. The second-order valence-electron chi connectivity index (χ2n) is 7.73. The Morgan fingerprint density at radius 2 is 1.91 bits per heavy atom. The Kier molecular flexibility index (Phi) is 5.89. The van der Waals surface area contributed by atoms with Gasteiger partial charge in [0, 0.05) is 31.3 Å². The molecule has 0 unspecified atom stereocenters. The lowest BCUT2D eigenvalue weighted by Crippen LogP contribution is -2.50. The number of aromatic nitrogens is 2. The largest absolute Gasteiger partial charge is 0.486 e. The molecule has 9 heteroatoms. The number of rotatable bonds is 7. The number of nitrogens with zero attached hydrogens (tertiary/aromatic N) is 3. The highest BCUT2D eigenvalue weighted by molar-refractivity contribution is 5.90. The predicted molar refractivity (Wildman–Crippen MR) is 115 cm³/mol. The summed E-state index contributed by atoms with van der Waals surface area (Å²) in [6, 6.07) is 15.2. The first-order chi connectivity index (χ1) is 15.7. The van der Waals surface area contributed by atoms with Crippen LogP contribution in [0.3, 0.4) is 0 Å². The fourth-order valence-electron chi connectivity index (χ4n) is 3.59. The quantitative estimate of drug-likeness (QED) is 0.568. The SMILES string of the molecule is O=C(Nc1ccc2c(c1)OCCO2)N1CC(c2nc(CCOCc3ccccc3)no2)C1. The van der Waals surface area contributed by atoms with E-state index >= 15 is 0 Å². The molecule has 0 spiro atoms. The third-order valence-corrected chi connectivity index (χ3v) is 5.38.